The van der Waals surface area contributed by atoms with E-state index < -0.39 is 0 Å². The van der Waals surface area contributed by atoms with Gasteiger partial charge in [-0.2, -0.15) is 0 Å². The van der Waals surface area contributed by atoms with E-state index in [9.17, 15) is 0 Å². The van der Waals surface area contributed by atoms with Crippen LogP contribution in [0.15, 0.2) is 0 Å². The molecule has 0 aromatic heterocycles. The van der Waals surface area contributed by atoms with E-state index in [2.05, 4.69) is 33.0 Å². The molecule has 0 radical (unpaired) electrons. The van der Waals surface area contributed by atoms with Gasteiger partial charge in [-0.3, -0.25) is 0 Å². The summed E-state index contributed by atoms with van der Waals surface area (Å²) in [4.78, 5) is 0. The molecule has 0 rings (SSSR count). The highest BCUT2D eigenvalue weighted by molar-refractivity contribution is 4.62. The minimum Gasteiger partial charge on any atom is -0.314 e. The van der Waals surface area contributed by atoms with E-state index in [-0.39, 0.29) is 0 Å². The molecular weight excluding hydrogens is 146 g/mol. The molecule has 12 heavy (non-hydrogen) atoms. The van der Waals surface area contributed by atoms with Crippen LogP contribution in [0.5, 0.6) is 0 Å². The predicted molar refractivity (Wildman–Crippen MR) is 56.4 cm³/mol. The normalized spacial score (nSPS) is 16.0. The summed E-state index contributed by atoms with van der Waals surface area (Å²) in [5.74, 6) is 0.828. The van der Waals surface area contributed by atoms with Gasteiger partial charge in [-0.25, -0.2) is 0 Å². The molecule has 74 valence electrons. The maximum Gasteiger partial charge on any atom is 0.00388 e. The molecule has 0 bridgehead atoms. The van der Waals surface area contributed by atoms with Gasteiger partial charge in [-0.05, 0) is 25.8 Å². The van der Waals surface area contributed by atoms with Gasteiger partial charge in [0.1, 0.15) is 0 Å². The maximum atomic E-state index is 3.57. The summed E-state index contributed by atoms with van der Waals surface area (Å²) in [7, 11) is 0. The van der Waals surface area contributed by atoms with Crippen molar-refractivity contribution in [3.8, 4) is 0 Å². The summed E-state index contributed by atoms with van der Waals surface area (Å²) in [6.45, 7) is 10.3. The van der Waals surface area contributed by atoms with Crippen molar-refractivity contribution in [1.82, 2.24) is 5.32 Å². The first kappa shape index (κ1) is 12.0. The van der Waals surface area contributed by atoms with E-state index in [0.717, 1.165) is 5.92 Å². The Balaban J connectivity index is 3.24. The number of rotatable bonds is 7. The molecular formula is C11H25N. The zero-order chi connectivity index (χ0) is 9.40. The van der Waals surface area contributed by atoms with Crippen LogP contribution in [-0.2, 0) is 0 Å². The summed E-state index contributed by atoms with van der Waals surface area (Å²) in [5, 5.41) is 3.57. The van der Waals surface area contributed by atoms with E-state index in [1.54, 1.807) is 0 Å². The number of hydrogen-bond acceptors (Lipinski definition) is 1. The molecule has 0 aliphatic rings. The van der Waals surface area contributed by atoms with Crippen LogP contribution in [0.1, 0.15) is 53.4 Å². The van der Waals surface area contributed by atoms with Gasteiger partial charge in [-0.15, -0.1) is 0 Å². The topological polar surface area (TPSA) is 12.0 Å². The van der Waals surface area contributed by atoms with E-state index in [4.69, 9.17) is 0 Å². The number of nitrogens with one attached hydrogen (secondary N) is 1. The lowest BCUT2D eigenvalue weighted by molar-refractivity contribution is 0.430. The second-order valence-corrected chi connectivity index (χ2v) is 3.96. The fraction of sp³-hybridized carbons (Fsp3) is 1.00. The van der Waals surface area contributed by atoms with Crippen molar-refractivity contribution in [3.05, 3.63) is 0 Å². The van der Waals surface area contributed by atoms with Crippen molar-refractivity contribution < 1.29 is 0 Å². The highest BCUT2D eigenvalue weighted by atomic mass is 14.9. The van der Waals surface area contributed by atoms with Gasteiger partial charge in [0.15, 0.2) is 0 Å². The summed E-state index contributed by atoms with van der Waals surface area (Å²) in [6, 6.07) is 0.707. The second-order valence-electron chi connectivity index (χ2n) is 3.96. The van der Waals surface area contributed by atoms with Crippen LogP contribution in [0.2, 0.25) is 0 Å². The molecule has 2 atom stereocenters. The van der Waals surface area contributed by atoms with Gasteiger partial charge in [0.25, 0.3) is 0 Å². The van der Waals surface area contributed by atoms with Gasteiger partial charge in [0, 0.05) is 6.04 Å². The lowest BCUT2D eigenvalue weighted by Gasteiger charge is -2.16. The van der Waals surface area contributed by atoms with E-state index in [1.807, 2.05) is 0 Å². The highest BCUT2D eigenvalue weighted by Crippen LogP contribution is 2.02. The Morgan fingerprint density at radius 3 is 2.33 bits per heavy atom. The molecule has 1 heteroatoms. The third kappa shape index (κ3) is 6.66. The molecule has 0 aromatic rings. The summed E-state index contributed by atoms with van der Waals surface area (Å²) in [6.07, 6.45) is 5.28. The molecule has 0 saturated carbocycles. The van der Waals surface area contributed by atoms with Crippen molar-refractivity contribution in [2.75, 3.05) is 6.54 Å². The molecule has 0 aliphatic heterocycles. The smallest absolute Gasteiger partial charge is 0.00388 e. The average Bonchev–Trinajstić information content (AvgIpc) is 2.10. The van der Waals surface area contributed by atoms with Gasteiger partial charge >= 0.3 is 0 Å². The van der Waals surface area contributed by atoms with E-state index in [1.165, 1.54) is 32.2 Å². The van der Waals surface area contributed by atoms with Crippen LogP contribution in [0.3, 0.4) is 0 Å². The van der Waals surface area contributed by atoms with E-state index in [0.29, 0.717) is 6.04 Å². The standard InChI is InChI=1S/C11H25N/c1-5-7-8-11(4)12-9-10(3)6-2/h10-12H,5-9H2,1-4H3. The Hall–Kier alpha value is -0.0400. The molecule has 2 unspecified atom stereocenters. The summed E-state index contributed by atoms with van der Waals surface area (Å²) >= 11 is 0. The molecule has 0 saturated heterocycles. The lowest BCUT2D eigenvalue weighted by Crippen LogP contribution is -2.30. The van der Waals surface area contributed by atoms with Gasteiger partial charge in [-0.1, -0.05) is 40.0 Å². The largest absolute Gasteiger partial charge is 0.314 e. The number of unbranched alkanes of at least 4 members (excludes halogenated alkanes) is 1. The molecule has 1 N–H and O–H groups in total. The fourth-order valence-electron chi connectivity index (χ4n) is 1.16. The first-order chi connectivity index (χ1) is 5.70. The Bertz CT molecular complexity index is 91.0. The minimum atomic E-state index is 0.707. The fourth-order valence-corrected chi connectivity index (χ4v) is 1.16. The average molecular weight is 171 g/mol. The zero-order valence-corrected chi connectivity index (χ0v) is 9.19. The molecule has 0 aromatic carbocycles. The SMILES string of the molecule is CCCCC(C)NCC(C)CC. The number of hydrogen-bond donors (Lipinski definition) is 1. The Labute approximate surface area is 77.9 Å². The summed E-state index contributed by atoms with van der Waals surface area (Å²) in [5.41, 5.74) is 0. The third-order valence-electron chi connectivity index (χ3n) is 2.50. The van der Waals surface area contributed by atoms with Crippen LogP contribution < -0.4 is 5.32 Å². The van der Waals surface area contributed by atoms with Gasteiger partial charge in [0.2, 0.25) is 0 Å². The third-order valence-corrected chi connectivity index (χ3v) is 2.50. The van der Waals surface area contributed by atoms with E-state index >= 15 is 0 Å². The molecule has 0 amide bonds. The summed E-state index contributed by atoms with van der Waals surface area (Å²) < 4.78 is 0. The first-order valence-electron chi connectivity index (χ1n) is 5.44. The Kier molecular flexibility index (Phi) is 7.58. The van der Waals surface area contributed by atoms with Crippen molar-refractivity contribution in [3.63, 3.8) is 0 Å². The van der Waals surface area contributed by atoms with Crippen LogP contribution in [0.4, 0.5) is 0 Å². The van der Waals surface area contributed by atoms with Gasteiger partial charge in [0.05, 0.1) is 0 Å². The molecule has 0 fully saturated rings. The first-order valence-corrected chi connectivity index (χ1v) is 5.44. The van der Waals surface area contributed by atoms with Gasteiger partial charge < -0.3 is 5.32 Å². The van der Waals surface area contributed by atoms with Crippen LogP contribution >= 0.6 is 0 Å². The Morgan fingerprint density at radius 1 is 1.17 bits per heavy atom. The highest BCUT2D eigenvalue weighted by Gasteiger charge is 2.02. The zero-order valence-electron chi connectivity index (χ0n) is 9.19. The minimum absolute atomic E-state index is 0.707. The maximum absolute atomic E-state index is 3.57. The van der Waals surface area contributed by atoms with Crippen molar-refractivity contribution in [2.24, 2.45) is 5.92 Å². The lowest BCUT2D eigenvalue weighted by atomic mass is 10.1. The predicted octanol–water partition coefficient (Wildman–Crippen LogP) is 3.20. The second kappa shape index (κ2) is 7.60. The van der Waals surface area contributed by atoms with Crippen molar-refractivity contribution >= 4 is 0 Å². The van der Waals surface area contributed by atoms with Crippen molar-refractivity contribution in [1.29, 1.82) is 0 Å². The molecule has 0 aliphatic carbocycles. The van der Waals surface area contributed by atoms with Crippen LogP contribution in [0.25, 0.3) is 0 Å². The van der Waals surface area contributed by atoms with Crippen LogP contribution in [-0.4, -0.2) is 12.6 Å². The van der Waals surface area contributed by atoms with Crippen LogP contribution in [0, 0.1) is 5.92 Å². The Morgan fingerprint density at radius 2 is 1.83 bits per heavy atom. The molecule has 1 nitrogen and oxygen atoms in total. The quantitative estimate of drug-likeness (QED) is 0.620. The monoisotopic (exact) mass is 171 g/mol. The molecule has 0 heterocycles. The molecule has 0 spiro atoms. The van der Waals surface area contributed by atoms with Crippen molar-refractivity contribution in [2.45, 2.75) is 59.4 Å².